The molecule has 0 N–H and O–H groups in total. The third kappa shape index (κ3) is 2.76. The van der Waals surface area contributed by atoms with E-state index in [1.165, 1.54) is 16.3 Å². The van der Waals surface area contributed by atoms with Crippen LogP contribution in [0.15, 0.2) is 90.2 Å². The molecule has 4 unspecified atom stereocenters. The Bertz CT molecular complexity index is 1510. The van der Waals surface area contributed by atoms with Gasteiger partial charge in [0.15, 0.2) is 0 Å². The summed E-state index contributed by atoms with van der Waals surface area (Å²) in [6.07, 6.45) is 8.86. The number of hydrogen-bond donors (Lipinski definition) is 0. The number of hydrazone groups is 1. The molecule has 5 nitrogen and oxygen atoms in total. The highest BCUT2D eigenvalue weighted by atomic mass is 16.2. The Morgan fingerprint density at radius 3 is 2.29 bits per heavy atom. The topological polar surface area (TPSA) is 54.7 Å². The van der Waals surface area contributed by atoms with Crippen LogP contribution in [0.2, 0.25) is 0 Å². The number of allylic oxidation sites excluding steroid dienone is 2. The minimum atomic E-state index is -0.229. The Morgan fingerprint density at radius 2 is 1.50 bits per heavy atom. The summed E-state index contributed by atoms with van der Waals surface area (Å²) in [6.45, 7) is 0.719. The number of benzene rings is 3. The van der Waals surface area contributed by atoms with Crippen LogP contribution in [-0.4, -0.2) is 27.6 Å². The summed E-state index contributed by atoms with van der Waals surface area (Å²) in [5.74, 6) is -0.381. The summed E-state index contributed by atoms with van der Waals surface area (Å²) in [4.78, 5) is 26.0. The lowest BCUT2D eigenvalue weighted by molar-refractivity contribution is -0.140. The van der Waals surface area contributed by atoms with Crippen molar-refractivity contribution in [2.24, 2.45) is 28.8 Å². The van der Waals surface area contributed by atoms with Gasteiger partial charge in [0.1, 0.15) is 0 Å². The zero-order chi connectivity index (χ0) is 22.8. The number of fused-ring (bicyclic) bond motifs is 7. The van der Waals surface area contributed by atoms with Gasteiger partial charge < -0.3 is 4.57 Å². The molecule has 1 aliphatic heterocycles. The molecule has 2 bridgehead atoms. The molecule has 0 radical (unpaired) electrons. The van der Waals surface area contributed by atoms with Crippen molar-refractivity contribution >= 4 is 39.7 Å². The molecule has 2 amide bonds. The van der Waals surface area contributed by atoms with E-state index in [-0.39, 0.29) is 35.5 Å². The number of para-hydroxylation sites is 1. The van der Waals surface area contributed by atoms with E-state index in [4.69, 9.17) is 0 Å². The van der Waals surface area contributed by atoms with Gasteiger partial charge in [-0.15, -0.1) is 0 Å². The molecule has 166 valence electrons. The molecule has 4 atom stereocenters. The van der Waals surface area contributed by atoms with Crippen LogP contribution in [0.3, 0.4) is 0 Å². The van der Waals surface area contributed by atoms with E-state index in [0.29, 0.717) is 0 Å². The molecule has 0 spiro atoms. The van der Waals surface area contributed by atoms with Crippen LogP contribution in [0.25, 0.3) is 21.7 Å². The molecular weight excluding hydrogens is 422 g/mol. The normalized spacial score (nSPS) is 25.5. The first kappa shape index (κ1) is 19.5. The first-order valence-electron chi connectivity index (χ1n) is 11.8. The van der Waals surface area contributed by atoms with Crippen LogP contribution in [0.4, 0.5) is 0 Å². The highest BCUT2D eigenvalue weighted by Crippen LogP contribution is 2.52. The number of carbonyl (C=O) groups excluding carboxylic acids is 2. The van der Waals surface area contributed by atoms with E-state index < -0.39 is 0 Å². The molecule has 1 aromatic heterocycles. The van der Waals surface area contributed by atoms with Crippen LogP contribution < -0.4 is 0 Å². The van der Waals surface area contributed by atoms with Crippen molar-refractivity contribution in [3.8, 4) is 0 Å². The average Bonchev–Trinajstić information content (AvgIpc) is 3.62. The smallest absolute Gasteiger partial charge is 0.254 e. The van der Waals surface area contributed by atoms with E-state index in [0.717, 1.165) is 34.4 Å². The van der Waals surface area contributed by atoms with Crippen LogP contribution >= 0.6 is 0 Å². The predicted molar refractivity (Wildman–Crippen MR) is 132 cm³/mol. The Balaban J connectivity index is 1.24. The molecule has 2 fully saturated rings. The minimum Gasteiger partial charge on any atom is -0.342 e. The van der Waals surface area contributed by atoms with Crippen molar-refractivity contribution < 1.29 is 9.59 Å². The second-order valence-corrected chi connectivity index (χ2v) is 9.60. The van der Waals surface area contributed by atoms with Gasteiger partial charge in [-0.3, -0.25) is 9.59 Å². The van der Waals surface area contributed by atoms with Crippen LogP contribution in [0.5, 0.6) is 0 Å². The second kappa shape index (κ2) is 7.26. The first-order chi connectivity index (χ1) is 16.7. The van der Waals surface area contributed by atoms with Gasteiger partial charge in [0, 0.05) is 29.2 Å². The fourth-order valence-electron chi connectivity index (χ4n) is 6.24. The maximum absolute atomic E-state index is 13.0. The Morgan fingerprint density at radius 1 is 0.824 bits per heavy atom. The monoisotopic (exact) mass is 445 g/mol. The van der Waals surface area contributed by atoms with Gasteiger partial charge in [-0.25, -0.2) is 0 Å². The SMILES string of the molecule is O=C1C2C3C=CC(C3)C2C(=O)N1/N=C/c1cn(Cc2cccc3ccccc23)c2ccccc12. The largest absolute Gasteiger partial charge is 0.342 e. The lowest BCUT2D eigenvalue weighted by Gasteiger charge is -2.13. The van der Waals surface area contributed by atoms with Gasteiger partial charge in [-0.1, -0.05) is 72.8 Å². The fraction of sp³-hybridized carbons (Fsp3) is 0.207. The summed E-state index contributed by atoms with van der Waals surface area (Å²) in [7, 11) is 0. The number of hydrogen-bond acceptors (Lipinski definition) is 3. The number of imide groups is 1. The fourth-order valence-corrected chi connectivity index (χ4v) is 6.24. The van der Waals surface area contributed by atoms with Crippen molar-refractivity contribution in [1.29, 1.82) is 0 Å². The van der Waals surface area contributed by atoms with E-state index in [2.05, 4.69) is 82.6 Å². The van der Waals surface area contributed by atoms with E-state index in [1.807, 2.05) is 12.1 Å². The molecule has 2 heterocycles. The van der Waals surface area contributed by atoms with Crippen molar-refractivity contribution in [2.45, 2.75) is 13.0 Å². The van der Waals surface area contributed by atoms with Gasteiger partial charge in [-0.2, -0.15) is 10.1 Å². The van der Waals surface area contributed by atoms with E-state index >= 15 is 0 Å². The minimum absolute atomic E-state index is 0.150. The summed E-state index contributed by atoms with van der Waals surface area (Å²) < 4.78 is 2.21. The van der Waals surface area contributed by atoms with Gasteiger partial charge in [-0.05, 0) is 40.7 Å². The Hall–Kier alpha value is -3.99. The Labute approximate surface area is 197 Å². The van der Waals surface area contributed by atoms with Crippen LogP contribution in [0, 0.1) is 23.7 Å². The summed E-state index contributed by atoms with van der Waals surface area (Å²) >= 11 is 0. The van der Waals surface area contributed by atoms with Crippen LogP contribution in [-0.2, 0) is 16.1 Å². The molecule has 1 saturated carbocycles. The highest BCUT2D eigenvalue weighted by molar-refractivity contribution is 6.07. The van der Waals surface area contributed by atoms with E-state index in [9.17, 15) is 9.59 Å². The Kier molecular flexibility index (Phi) is 4.16. The van der Waals surface area contributed by atoms with Crippen molar-refractivity contribution in [2.75, 3.05) is 0 Å². The van der Waals surface area contributed by atoms with Gasteiger partial charge >= 0.3 is 0 Å². The zero-order valence-corrected chi connectivity index (χ0v) is 18.5. The predicted octanol–water partition coefficient (Wildman–Crippen LogP) is 4.98. The number of aromatic nitrogens is 1. The standard InChI is InChI=1S/C29H23N3O2/c33-28-26-19-12-13-20(14-19)27(26)29(34)32(28)30-15-22-17-31(25-11-4-3-10-24(22)25)16-21-8-5-7-18-6-1-2-9-23(18)21/h1-13,15,17,19-20,26-27H,14,16H2/b30-15+. The molecule has 5 heteroatoms. The zero-order valence-electron chi connectivity index (χ0n) is 18.5. The molecule has 7 rings (SSSR count). The third-order valence-electron chi connectivity index (χ3n) is 7.80. The molecule has 34 heavy (non-hydrogen) atoms. The number of carbonyl (C=O) groups is 2. The molecule has 3 aromatic carbocycles. The molecule has 4 aromatic rings. The molecular formula is C29H23N3O2. The van der Waals surface area contributed by atoms with Gasteiger partial charge in [0.2, 0.25) is 0 Å². The maximum atomic E-state index is 13.0. The summed E-state index contributed by atoms with van der Waals surface area (Å²) in [5.41, 5.74) is 3.23. The van der Waals surface area contributed by atoms with Crippen molar-refractivity contribution in [3.63, 3.8) is 0 Å². The van der Waals surface area contributed by atoms with Gasteiger partial charge in [0.05, 0.1) is 18.1 Å². The molecule has 1 saturated heterocycles. The third-order valence-corrected chi connectivity index (χ3v) is 7.80. The lowest BCUT2D eigenvalue weighted by Crippen LogP contribution is -2.28. The number of nitrogens with zero attached hydrogens (tertiary/aromatic N) is 3. The molecule has 2 aliphatic carbocycles. The van der Waals surface area contributed by atoms with Gasteiger partial charge in [0.25, 0.3) is 11.8 Å². The van der Waals surface area contributed by atoms with Crippen molar-refractivity contribution in [1.82, 2.24) is 9.58 Å². The highest BCUT2D eigenvalue weighted by Gasteiger charge is 2.59. The quantitative estimate of drug-likeness (QED) is 0.253. The van der Waals surface area contributed by atoms with E-state index in [1.54, 1.807) is 6.21 Å². The number of rotatable bonds is 4. The number of amides is 2. The van der Waals surface area contributed by atoms with Crippen molar-refractivity contribution in [3.05, 3.63) is 96.2 Å². The average molecular weight is 446 g/mol. The van der Waals surface area contributed by atoms with Crippen LogP contribution in [0.1, 0.15) is 17.5 Å². The summed E-state index contributed by atoms with van der Waals surface area (Å²) in [5, 5.41) is 9.05. The lowest BCUT2D eigenvalue weighted by atomic mass is 9.85. The molecule has 3 aliphatic rings. The maximum Gasteiger partial charge on any atom is 0.254 e. The summed E-state index contributed by atoms with van der Waals surface area (Å²) in [6, 6.07) is 23.0. The second-order valence-electron chi connectivity index (χ2n) is 9.60. The first-order valence-corrected chi connectivity index (χ1v) is 11.8.